The number of fused-ring (bicyclic) bond motifs is 1. The number of nitrogens with one attached hydrogen (secondary N) is 2. The van der Waals surface area contributed by atoms with Crippen molar-refractivity contribution in [2.45, 2.75) is 52.4 Å². The van der Waals surface area contributed by atoms with Gasteiger partial charge in [-0.2, -0.15) is 4.98 Å². The number of hydrogen-bond donors (Lipinski definition) is 2. The highest BCUT2D eigenvalue weighted by Crippen LogP contribution is 2.31. The standard InChI is InChI=1S/C16H25N5/c1-3-17-16-20-13(14-15(21-16)19-10-18-14)9-8-12-6-4-11(2)5-7-12/h10-12H,3-9H2,1-2H3,(H2,17,18,19,20,21). The third kappa shape index (κ3) is 3.34. The highest BCUT2D eigenvalue weighted by molar-refractivity contribution is 5.74. The molecule has 0 amide bonds. The van der Waals surface area contributed by atoms with E-state index in [1.807, 2.05) is 0 Å². The highest BCUT2D eigenvalue weighted by Gasteiger charge is 2.19. The summed E-state index contributed by atoms with van der Waals surface area (Å²) in [6.07, 6.45) is 9.47. The minimum Gasteiger partial charge on any atom is -0.354 e. The van der Waals surface area contributed by atoms with Gasteiger partial charge in [0.25, 0.3) is 0 Å². The fourth-order valence-corrected chi connectivity index (χ4v) is 3.27. The number of aromatic nitrogens is 4. The van der Waals surface area contributed by atoms with Crippen LogP contribution in [0.15, 0.2) is 6.33 Å². The Morgan fingerprint density at radius 3 is 2.81 bits per heavy atom. The molecule has 0 spiro atoms. The number of rotatable bonds is 5. The smallest absolute Gasteiger partial charge is 0.225 e. The lowest BCUT2D eigenvalue weighted by molar-refractivity contribution is 0.277. The summed E-state index contributed by atoms with van der Waals surface area (Å²) >= 11 is 0. The van der Waals surface area contributed by atoms with Crippen LogP contribution in [0.5, 0.6) is 0 Å². The SMILES string of the molecule is CCNc1nc(CCC2CCC(C)CC2)c2[nH]cnc2n1. The van der Waals surface area contributed by atoms with E-state index in [1.165, 1.54) is 32.1 Å². The summed E-state index contributed by atoms with van der Waals surface area (Å²) in [6, 6.07) is 0. The van der Waals surface area contributed by atoms with Gasteiger partial charge in [0.15, 0.2) is 5.65 Å². The van der Waals surface area contributed by atoms with Crippen molar-refractivity contribution < 1.29 is 0 Å². The van der Waals surface area contributed by atoms with Crippen molar-refractivity contribution in [3.63, 3.8) is 0 Å². The van der Waals surface area contributed by atoms with E-state index in [-0.39, 0.29) is 0 Å². The minimum absolute atomic E-state index is 0.698. The molecule has 5 heteroatoms. The third-order valence-electron chi connectivity index (χ3n) is 4.62. The first-order valence-corrected chi connectivity index (χ1v) is 8.20. The number of hydrogen-bond acceptors (Lipinski definition) is 4. The molecule has 0 saturated heterocycles. The Balaban J connectivity index is 1.71. The Bertz CT molecular complexity index is 583. The van der Waals surface area contributed by atoms with Crippen LogP contribution in [0, 0.1) is 11.8 Å². The summed E-state index contributed by atoms with van der Waals surface area (Å²) in [5.41, 5.74) is 2.88. The summed E-state index contributed by atoms with van der Waals surface area (Å²) in [5, 5.41) is 3.20. The quantitative estimate of drug-likeness (QED) is 0.882. The topological polar surface area (TPSA) is 66.5 Å². The van der Waals surface area contributed by atoms with E-state index >= 15 is 0 Å². The molecule has 0 aliphatic heterocycles. The average molecular weight is 287 g/mol. The molecule has 21 heavy (non-hydrogen) atoms. The van der Waals surface area contributed by atoms with E-state index in [0.29, 0.717) is 5.95 Å². The fraction of sp³-hybridized carbons (Fsp3) is 0.688. The Morgan fingerprint density at radius 2 is 2.05 bits per heavy atom. The van der Waals surface area contributed by atoms with Gasteiger partial charge in [0.05, 0.1) is 12.0 Å². The molecular weight excluding hydrogens is 262 g/mol. The van der Waals surface area contributed by atoms with Gasteiger partial charge in [-0.1, -0.05) is 32.6 Å². The van der Waals surface area contributed by atoms with Crippen LogP contribution in [0.4, 0.5) is 5.95 Å². The molecule has 5 nitrogen and oxygen atoms in total. The van der Waals surface area contributed by atoms with Crippen LogP contribution in [-0.2, 0) is 6.42 Å². The van der Waals surface area contributed by atoms with E-state index in [0.717, 1.165) is 41.7 Å². The molecule has 0 aromatic carbocycles. The fourth-order valence-electron chi connectivity index (χ4n) is 3.27. The summed E-state index contributed by atoms with van der Waals surface area (Å²) < 4.78 is 0. The van der Waals surface area contributed by atoms with E-state index in [4.69, 9.17) is 0 Å². The van der Waals surface area contributed by atoms with E-state index in [1.54, 1.807) is 6.33 Å². The molecule has 2 N–H and O–H groups in total. The summed E-state index contributed by atoms with van der Waals surface area (Å²) in [7, 11) is 0. The predicted octanol–water partition coefficient (Wildman–Crippen LogP) is 3.54. The lowest BCUT2D eigenvalue weighted by atomic mass is 9.80. The van der Waals surface area contributed by atoms with Crippen LogP contribution in [0.2, 0.25) is 0 Å². The molecule has 0 unspecified atom stereocenters. The molecule has 1 fully saturated rings. The maximum absolute atomic E-state index is 4.67. The minimum atomic E-state index is 0.698. The van der Waals surface area contributed by atoms with Crippen molar-refractivity contribution in [3.8, 4) is 0 Å². The number of H-pyrrole nitrogens is 1. The molecule has 0 bridgehead atoms. The second-order valence-corrected chi connectivity index (χ2v) is 6.29. The number of nitrogens with zero attached hydrogens (tertiary/aromatic N) is 3. The van der Waals surface area contributed by atoms with Gasteiger partial charge in [-0.3, -0.25) is 0 Å². The Hall–Kier alpha value is -1.65. The van der Waals surface area contributed by atoms with Crippen LogP contribution >= 0.6 is 0 Å². The van der Waals surface area contributed by atoms with Crippen molar-refractivity contribution in [1.29, 1.82) is 0 Å². The van der Waals surface area contributed by atoms with Gasteiger partial charge in [-0.15, -0.1) is 0 Å². The van der Waals surface area contributed by atoms with Gasteiger partial charge in [-0.25, -0.2) is 9.97 Å². The van der Waals surface area contributed by atoms with E-state index in [2.05, 4.69) is 39.1 Å². The highest BCUT2D eigenvalue weighted by atomic mass is 15.1. The lowest BCUT2D eigenvalue weighted by Gasteiger charge is -2.25. The summed E-state index contributed by atoms with van der Waals surface area (Å²) in [6.45, 7) is 5.26. The normalized spacial score (nSPS) is 22.6. The van der Waals surface area contributed by atoms with E-state index < -0.39 is 0 Å². The van der Waals surface area contributed by atoms with Crippen molar-refractivity contribution in [3.05, 3.63) is 12.0 Å². The van der Waals surface area contributed by atoms with Crippen LogP contribution in [-0.4, -0.2) is 26.5 Å². The van der Waals surface area contributed by atoms with Gasteiger partial charge in [0.1, 0.15) is 5.52 Å². The molecule has 2 aromatic heterocycles. The van der Waals surface area contributed by atoms with Crippen molar-refractivity contribution in [1.82, 2.24) is 19.9 Å². The first kappa shape index (κ1) is 14.3. The van der Waals surface area contributed by atoms with Crippen molar-refractivity contribution in [2.24, 2.45) is 11.8 Å². The third-order valence-corrected chi connectivity index (χ3v) is 4.62. The molecule has 3 rings (SSSR count). The van der Waals surface area contributed by atoms with Crippen LogP contribution < -0.4 is 5.32 Å². The van der Waals surface area contributed by atoms with Crippen LogP contribution in [0.3, 0.4) is 0 Å². The first-order valence-electron chi connectivity index (χ1n) is 8.20. The average Bonchev–Trinajstić information content (AvgIpc) is 2.95. The summed E-state index contributed by atoms with van der Waals surface area (Å²) in [4.78, 5) is 16.6. The first-order chi connectivity index (χ1) is 10.3. The zero-order valence-corrected chi connectivity index (χ0v) is 13.0. The van der Waals surface area contributed by atoms with Crippen LogP contribution in [0.1, 0.15) is 51.6 Å². The monoisotopic (exact) mass is 287 g/mol. The molecule has 2 heterocycles. The molecule has 0 atom stereocenters. The second-order valence-electron chi connectivity index (χ2n) is 6.29. The zero-order valence-electron chi connectivity index (χ0n) is 13.0. The Morgan fingerprint density at radius 1 is 1.24 bits per heavy atom. The maximum Gasteiger partial charge on any atom is 0.225 e. The summed E-state index contributed by atoms with van der Waals surface area (Å²) in [5.74, 6) is 2.47. The van der Waals surface area contributed by atoms with Crippen molar-refractivity contribution in [2.75, 3.05) is 11.9 Å². The van der Waals surface area contributed by atoms with Gasteiger partial charge in [0.2, 0.25) is 5.95 Å². The number of aromatic amines is 1. The molecule has 114 valence electrons. The number of aryl methyl sites for hydroxylation is 1. The molecule has 1 aliphatic carbocycles. The number of imidazole rings is 1. The van der Waals surface area contributed by atoms with E-state index in [9.17, 15) is 0 Å². The lowest BCUT2D eigenvalue weighted by Crippen LogP contribution is -2.13. The van der Waals surface area contributed by atoms with Gasteiger partial charge >= 0.3 is 0 Å². The molecule has 2 aromatic rings. The number of anilines is 1. The maximum atomic E-state index is 4.67. The Labute approximate surface area is 126 Å². The molecule has 0 radical (unpaired) electrons. The Kier molecular flexibility index (Phi) is 4.36. The molecular formula is C16H25N5. The van der Waals surface area contributed by atoms with Gasteiger partial charge in [0, 0.05) is 6.54 Å². The second kappa shape index (κ2) is 6.41. The van der Waals surface area contributed by atoms with Gasteiger partial charge in [-0.05, 0) is 31.6 Å². The van der Waals surface area contributed by atoms with Crippen LogP contribution in [0.25, 0.3) is 11.2 Å². The molecule has 1 saturated carbocycles. The largest absolute Gasteiger partial charge is 0.354 e. The zero-order chi connectivity index (χ0) is 14.7. The van der Waals surface area contributed by atoms with Crippen molar-refractivity contribution >= 4 is 17.1 Å². The predicted molar refractivity (Wildman–Crippen MR) is 85.3 cm³/mol. The van der Waals surface area contributed by atoms with Gasteiger partial charge < -0.3 is 10.3 Å². The molecule has 1 aliphatic rings.